The van der Waals surface area contributed by atoms with Gasteiger partial charge in [-0.15, -0.1) is 0 Å². The molecule has 0 atom stereocenters. The van der Waals surface area contributed by atoms with Gasteiger partial charge in [-0.2, -0.15) is 0 Å². The number of nitrogen functional groups attached to an aromatic ring is 1. The number of nitrogens with two attached hydrogens (primary N) is 1. The highest BCUT2D eigenvalue weighted by molar-refractivity contribution is 7.89. The van der Waals surface area contributed by atoms with Crippen LogP contribution in [0.3, 0.4) is 0 Å². The van der Waals surface area contributed by atoms with Crippen LogP contribution in [0.25, 0.3) is 0 Å². The molecule has 0 spiro atoms. The fourth-order valence-corrected chi connectivity index (χ4v) is 3.39. The molecule has 0 radical (unpaired) electrons. The van der Waals surface area contributed by atoms with Gasteiger partial charge in [0.1, 0.15) is 4.90 Å². The van der Waals surface area contributed by atoms with Gasteiger partial charge < -0.3 is 5.73 Å². The fraction of sp³-hybridized carbons (Fsp3) is 0.500. The lowest BCUT2D eigenvalue weighted by Gasteiger charge is -2.20. The van der Waals surface area contributed by atoms with Crippen molar-refractivity contribution in [2.24, 2.45) is 0 Å². The zero-order valence-electron chi connectivity index (χ0n) is 10.8. The zero-order chi connectivity index (χ0) is 13.2. The van der Waals surface area contributed by atoms with Gasteiger partial charge in [-0.25, -0.2) is 12.7 Å². The number of aryl methyl sites for hydroxylation is 1. The van der Waals surface area contributed by atoms with Crippen LogP contribution in [0.1, 0.15) is 24.5 Å². The van der Waals surface area contributed by atoms with Gasteiger partial charge in [0.2, 0.25) is 10.0 Å². The Bertz CT molecular complexity index is 509. The molecule has 0 fully saturated rings. The van der Waals surface area contributed by atoms with E-state index in [0.29, 0.717) is 12.2 Å². The lowest BCUT2D eigenvalue weighted by atomic mass is 10.1. The van der Waals surface area contributed by atoms with E-state index in [1.165, 1.54) is 4.31 Å². The molecular weight excluding hydrogens is 236 g/mol. The second-order valence-corrected chi connectivity index (χ2v) is 6.23. The molecule has 1 aromatic carbocycles. The van der Waals surface area contributed by atoms with E-state index in [0.717, 1.165) is 17.5 Å². The Morgan fingerprint density at radius 1 is 1.29 bits per heavy atom. The summed E-state index contributed by atoms with van der Waals surface area (Å²) in [6, 6.07) is 3.48. The number of nitrogens with zero attached hydrogens (tertiary/aromatic N) is 1. The molecule has 0 aliphatic rings. The molecule has 0 aromatic heterocycles. The van der Waals surface area contributed by atoms with E-state index in [9.17, 15) is 8.42 Å². The molecule has 1 aromatic rings. The maximum atomic E-state index is 12.4. The highest BCUT2D eigenvalue weighted by atomic mass is 32.2. The van der Waals surface area contributed by atoms with E-state index in [1.807, 2.05) is 19.9 Å². The molecule has 0 saturated carbocycles. The van der Waals surface area contributed by atoms with Gasteiger partial charge in [-0.05, 0) is 37.5 Å². The minimum Gasteiger partial charge on any atom is -0.398 e. The van der Waals surface area contributed by atoms with Crippen molar-refractivity contribution in [3.05, 3.63) is 23.3 Å². The van der Waals surface area contributed by atoms with Crippen LogP contribution in [-0.4, -0.2) is 26.3 Å². The lowest BCUT2D eigenvalue weighted by Crippen LogP contribution is -2.29. The average molecular weight is 256 g/mol. The van der Waals surface area contributed by atoms with Crippen molar-refractivity contribution in [2.75, 3.05) is 19.3 Å². The third kappa shape index (κ3) is 2.61. The SMILES string of the molecule is CCCN(C)S(=O)(=O)c1c(N)ccc(C)c1C. The van der Waals surface area contributed by atoms with Crippen LogP contribution in [0.5, 0.6) is 0 Å². The number of rotatable bonds is 4. The number of hydrogen-bond acceptors (Lipinski definition) is 3. The van der Waals surface area contributed by atoms with Crippen LogP contribution in [0.15, 0.2) is 17.0 Å². The first kappa shape index (κ1) is 14.0. The van der Waals surface area contributed by atoms with Crippen molar-refractivity contribution in [2.45, 2.75) is 32.1 Å². The summed E-state index contributed by atoms with van der Waals surface area (Å²) in [6.45, 7) is 6.11. The van der Waals surface area contributed by atoms with Gasteiger partial charge >= 0.3 is 0 Å². The molecule has 0 aliphatic carbocycles. The molecule has 0 heterocycles. The molecule has 4 nitrogen and oxygen atoms in total. The Labute approximate surface area is 103 Å². The molecule has 0 unspecified atom stereocenters. The quantitative estimate of drug-likeness (QED) is 0.837. The summed E-state index contributed by atoms with van der Waals surface area (Å²) in [5.41, 5.74) is 7.78. The van der Waals surface area contributed by atoms with Gasteiger partial charge in [-0.3, -0.25) is 0 Å². The molecule has 0 aliphatic heterocycles. The van der Waals surface area contributed by atoms with Crippen molar-refractivity contribution >= 4 is 15.7 Å². The van der Waals surface area contributed by atoms with Crippen molar-refractivity contribution in [3.8, 4) is 0 Å². The van der Waals surface area contributed by atoms with Crippen molar-refractivity contribution in [1.29, 1.82) is 0 Å². The first-order chi connectivity index (χ1) is 7.82. The Morgan fingerprint density at radius 3 is 2.41 bits per heavy atom. The van der Waals surface area contributed by atoms with E-state index >= 15 is 0 Å². The smallest absolute Gasteiger partial charge is 0.245 e. The Balaban J connectivity index is 3.38. The Kier molecular flexibility index (Phi) is 4.16. The maximum Gasteiger partial charge on any atom is 0.245 e. The summed E-state index contributed by atoms with van der Waals surface area (Å²) in [5, 5.41) is 0. The monoisotopic (exact) mass is 256 g/mol. The standard InChI is InChI=1S/C12H20N2O2S/c1-5-8-14(4)17(15,16)12-10(3)9(2)6-7-11(12)13/h6-7H,5,8,13H2,1-4H3. The third-order valence-electron chi connectivity index (χ3n) is 2.91. The van der Waals surface area contributed by atoms with E-state index < -0.39 is 10.0 Å². The summed E-state index contributed by atoms with van der Waals surface area (Å²) in [4.78, 5) is 0.244. The normalized spacial score (nSPS) is 12.1. The van der Waals surface area contributed by atoms with Crippen LogP contribution in [0.4, 0.5) is 5.69 Å². The summed E-state index contributed by atoms with van der Waals surface area (Å²) in [6.07, 6.45) is 0.778. The van der Waals surface area contributed by atoms with Crippen molar-refractivity contribution in [3.63, 3.8) is 0 Å². The molecule has 96 valence electrons. The summed E-state index contributed by atoms with van der Waals surface area (Å²) in [5.74, 6) is 0. The minimum atomic E-state index is -3.48. The average Bonchev–Trinajstić information content (AvgIpc) is 2.24. The predicted molar refractivity (Wildman–Crippen MR) is 70.4 cm³/mol. The van der Waals surface area contributed by atoms with Crippen molar-refractivity contribution < 1.29 is 8.42 Å². The second-order valence-electron chi connectivity index (χ2n) is 4.25. The highest BCUT2D eigenvalue weighted by Crippen LogP contribution is 2.27. The summed E-state index contributed by atoms with van der Waals surface area (Å²) < 4.78 is 26.1. The van der Waals surface area contributed by atoms with E-state index in [1.54, 1.807) is 20.0 Å². The van der Waals surface area contributed by atoms with Crippen LogP contribution >= 0.6 is 0 Å². The number of benzene rings is 1. The largest absolute Gasteiger partial charge is 0.398 e. The number of sulfonamides is 1. The predicted octanol–water partition coefficient (Wildman–Crippen LogP) is 1.92. The summed E-state index contributed by atoms with van der Waals surface area (Å²) >= 11 is 0. The first-order valence-electron chi connectivity index (χ1n) is 5.64. The number of anilines is 1. The van der Waals surface area contributed by atoms with Crippen LogP contribution in [0.2, 0.25) is 0 Å². The van der Waals surface area contributed by atoms with Gasteiger partial charge in [0.15, 0.2) is 0 Å². The molecule has 1 rings (SSSR count). The fourth-order valence-electron chi connectivity index (χ4n) is 1.74. The van der Waals surface area contributed by atoms with E-state index in [-0.39, 0.29) is 4.90 Å². The van der Waals surface area contributed by atoms with E-state index in [2.05, 4.69) is 0 Å². The van der Waals surface area contributed by atoms with Gasteiger partial charge in [0.05, 0.1) is 5.69 Å². The third-order valence-corrected chi connectivity index (χ3v) is 4.97. The van der Waals surface area contributed by atoms with Crippen LogP contribution in [-0.2, 0) is 10.0 Å². The Morgan fingerprint density at radius 2 is 1.88 bits per heavy atom. The van der Waals surface area contributed by atoms with E-state index in [4.69, 9.17) is 5.73 Å². The van der Waals surface area contributed by atoms with Crippen molar-refractivity contribution in [1.82, 2.24) is 4.31 Å². The molecule has 2 N–H and O–H groups in total. The maximum absolute atomic E-state index is 12.4. The molecular formula is C12H20N2O2S. The molecule has 17 heavy (non-hydrogen) atoms. The van der Waals surface area contributed by atoms with Crippen LogP contribution < -0.4 is 5.73 Å². The highest BCUT2D eigenvalue weighted by Gasteiger charge is 2.25. The number of hydrogen-bond donors (Lipinski definition) is 1. The lowest BCUT2D eigenvalue weighted by molar-refractivity contribution is 0.468. The topological polar surface area (TPSA) is 63.4 Å². The zero-order valence-corrected chi connectivity index (χ0v) is 11.6. The van der Waals surface area contributed by atoms with Gasteiger partial charge in [-0.1, -0.05) is 13.0 Å². The first-order valence-corrected chi connectivity index (χ1v) is 7.08. The molecule has 0 bridgehead atoms. The van der Waals surface area contributed by atoms with Gasteiger partial charge in [0, 0.05) is 13.6 Å². The molecule has 0 saturated heterocycles. The minimum absolute atomic E-state index is 0.244. The van der Waals surface area contributed by atoms with Gasteiger partial charge in [0.25, 0.3) is 0 Å². The van der Waals surface area contributed by atoms with Crippen LogP contribution in [0, 0.1) is 13.8 Å². The second kappa shape index (κ2) is 5.06. The Hall–Kier alpha value is -1.07. The molecule has 5 heteroatoms. The summed E-state index contributed by atoms with van der Waals surface area (Å²) in [7, 11) is -1.89. The molecule has 0 amide bonds.